The summed E-state index contributed by atoms with van der Waals surface area (Å²) < 4.78 is 17.1. The zero-order valence-electron chi connectivity index (χ0n) is 17.1. The Morgan fingerprint density at radius 1 is 1.10 bits per heavy atom. The number of nitrogens with one attached hydrogen (secondary N) is 1. The number of ether oxygens (including phenoxy) is 3. The highest BCUT2D eigenvalue weighted by molar-refractivity contribution is 14.0. The topological polar surface area (TPSA) is 91.0 Å². The van der Waals surface area contributed by atoms with Crippen LogP contribution in [-0.2, 0) is 11.3 Å². The molecule has 3 N–H and O–H groups in total. The van der Waals surface area contributed by atoms with Crippen molar-refractivity contribution in [1.29, 1.82) is 0 Å². The normalized spacial score (nSPS) is 10.9. The first-order valence-electron chi connectivity index (χ1n) is 9.69. The van der Waals surface area contributed by atoms with Crippen LogP contribution in [0.15, 0.2) is 47.6 Å². The molecule has 2 rings (SSSR count). The minimum atomic E-state index is 0. The lowest BCUT2D eigenvalue weighted by Gasteiger charge is -2.13. The molecule has 2 aromatic rings. The van der Waals surface area contributed by atoms with Gasteiger partial charge >= 0.3 is 0 Å². The van der Waals surface area contributed by atoms with E-state index in [1.54, 1.807) is 6.20 Å². The summed E-state index contributed by atoms with van der Waals surface area (Å²) in [5.41, 5.74) is 6.77. The molecule has 0 amide bonds. The number of aromatic nitrogens is 1. The Hall–Kier alpha value is -2.07. The van der Waals surface area contributed by atoms with Crippen molar-refractivity contribution in [3.05, 3.63) is 48.2 Å². The maximum absolute atomic E-state index is 6.01. The Morgan fingerprint density at radius 3 is 2.66 bits per heavy atom. The Bertz CT molecular complexity index is 743. The van der Waals surface area contributed by atoms with Gasteiger partial charge in [0.15, 0.2) is 17.5 Å². The highest BCUT2D eigenvalue weighted by Crippen LogP contribution is 2.32. The molecule has 0 fully saturated rings. The standard InChI is InChI=1S/C21H30N4O3.HI/c1-3-14-27-18-10-5-6-11-19(18)28-20-17(9-7-12-23-20)16-25-21(22)24-13-8-15-26-4-2;/h5-7,9-12H,3-4,8,13-16H2,1-2H3,(H3,22,24,25);1H. The van der Waals surface area contributed by atoms with Crippen LogP contribution in [0.3, 0.4) is 0 Å². The Labute approximate surface area is 190 Å². The molecule has 29 heavy (non-hydrogen) atoms. The fraction of sp³-hybridized carbons (Fsp3) is 0.429. The number of para-hydroxylation sites is 2. The van der Waals surface area contributed by atoms with Gasteiger partial charge in [-0.25, -0.2) is 9.98 Å². The number of halogens is 1. The quantitative estimate of drug-likeness (QED) is 0.192. The first-order chi connectivity index (χ1) is 13.7. The number of hydrogen-bond donors (Lipinski definition) is 2. The van der Waals surface area contributed by atoms with E-state index in [4.69, 9.17) is 19.9 Å². The molecule has 0 aliphatic heterocycles. The summed E-state index contributed by atoms with van der Waals surface area (Å²) in [5, 5.41) is 3.08. The van der Waals surface area contributed by atoms with E-state index in [2.05, 4.69) is 22.2 Å². The lowest BCUT2D eigenvalue weighted by molar-refractivity contribution is 0.145. The average Bonchev–Trinajstić information content (AvgIpc) is 2.72. The lowest BCUT2D eigenvalue weighted by Crippen LogP contribution is -2.32. The van der Waals surface area contributed by atoms with E-state index in [9.17, 15) is 0 Å². The average molecular weight is 514 g/mol. The molecular formula is C21H31IN4O3. The van der Waals surface area contributed by atoms with E-state index in [0.717, 1.165) is 25.0 Å². The van der Waals surface area contributed by atoms with E-state index in [0.29, 0.717) is 49.6 Å². The van der Waals surface area contributed by atoms with Crippen LogP contribution < -0.4 is 20.5 Å². The summed E-state index contributed by atoms with van der Waals surface area (Å²) in [4.78, 5) is 8.72. The van der Waals surface area contributed by atoms with Gasteiger partial charge in [-0.05, 0) is 38.0 Å². The number of guanidine groups is 1. The van der Waals surface area contributed by atoms with Gasteiger partial charge in [0.1, 0.15) is 0 Å². The molecule has 7 nitrogen and oxygen atoms in total. The van der Waals surface area contributed by atoms with Crippen LogP contribution in [-0.4, -0.2) is 37.3 Å². The predicted molar refractivity (Wildman–Crippen MR) is 126 cm³/mol. The van der Waals surface area contributed by atoms with Crippen molar-refractivity contribution < 1.29 is 14.2 Å². The molecule has 1 heterocycles. The van der Waals surface area contributed by atoms with Gasteiger partial charge in [-0.2, -0.15) is 0 Å². The van der Waals surface area contributed by atoms with Crippen LogP contribution in [0.5, 0.6) is 17.4 Å². The van der Waals surface area contributed by atoms with Crippen LogP contribution in [0.1, 0.15) is 32.3 Å². The first kappa shape index (κ1) is 25.0. The Kier molecular flexibility index (Phi) is 12.8. The number of rotatable bonds is 12. The van der Waals surface area contributed by atoms with E-state index >= 15 is 0 Å². The summed E-state index contributed by atoms with van der Waals surface area (Å²) in [6, 6.07) is 11.3. The van der Waals surface area contributed by atoms with Gasteiger partial charge in [-0.3, -0.25) is 0 Å². The Balaban J connectivity index is 0.00000420. The van der Waals surface area contributed by atoms with Crippen molar-refractivity contribution in [3.63, 3.8) is 0 Å². The van der Waals surface area contributed by atoms with Crippen LogP contribution in [0.2, 0.25) is 0 Å². The zero-order valence-corrected chi connectivity index (χ0v) is 19.4. The molecular weight excluding hydrogens is 483 g/mol. The van der Waals surface area contributed by atoms with E-state index in [1.807, 2.05) is 43.3 Å². The van der Waals surface area contributed by atoms with Crippen molar-refractivity contribution >= 4 is 29.9 Å². The van der Waals surface area contributed by atoms with Gasteiger partial charge in [0, 0.05) is 31.5 Å². The highest BCUT2D eigenvalue weighted by atomic mass is 127. The van der Waals surface area contributed by atoms with E-state index in [-0.39, 0.29) is 24.0 Å². The van der Waals surface area contributed by atoms with Gasteiger partial charge in [-0.15, -0.1) is 24.0 Å². The molecule has 0 saturated heterocycles. The van der Waals surface area contributed by atoms with Crippen molar-refractivity contribution in [1.82, 2.24) is 10.3 Å². The van der Waals surface area contributed by atoms with Gasteiger partial charge in [-0.1, -0.05) is 25.1 Å². The highest BCUT2D eigenvalue weighted by Gasteiger charge is 2.10. The predicted octanol–water partition coefficient (Wildman–Crippen LogP) is 4.11. The molecule has 1 aromatic heterocycles. The third-order valence-corrected chi connectivity index (χ3v) is 3.76. The van der Waals surface area contributed by atoms with Crippen LogP contribution in [0.25, 0.3) is 0 Å². The van der Waals surface area contributed by atoms with Crippen molar-refractivity contribution in [2.24, 2.45) is 10.7 Å². The molecule has 0 aliphatic carbocycles. The van der Waals surface area contributed by atoms with E-state index in [1.165, 1.54) is 0 Å². The number of nitrogens with two attached hydrogens (primary N) is 1. The van der Waals surface area contributed by atoms with Gasteiger partial charge in [0.05, 0.1) is 13.2 Å². The molecule has 8 heteroatoms. The zero-order chi connectivity index (χ0) is 20.0. The van der Waals surface area contributed by atoms with Gasteiger partial charge in [0.25, 0.3) is 0 Å². The maximum atomic E-state index is 6.01. The number of benzene rings is 1. The monoisotopic (exact) mass is 514 g/mol. The van der Waals surface area contributed by atoms with E-state index < -0.39 is 0 Å². The van der Waals surface area contributed by atoms with Crippen molar-refractivity contribution in [3.8, 4) is 17.4 Å². The summed E-state index contributed by atoms with van der Waals surface area (Å²) in [6.07, 6.45) is 3.49. The SMILES string of the molecule is CCCOc1ccccc1Oc1ncccc1CN=C(N)NCCCOCC.I. The van der Waals surface area contributed by atoms with Crippen molar-refractivity contribution in [2.45, 2.75) is 33.2 Å². The molecule has 0 aliphatic rings. The molecule has 0 unspecified atom stereocenters. The number of pyridine rings is 1. The second-order valence-corrected chi connectivity index (χ2v) is 6.04. The first-order valence-corrected chi connectivity index (χ1v) is 9.69. The number of hydrogen-bond acceptors (Lipinski definition) is 5. The second-order valence-electron chi connectivity index (χ2n) is 6.04. The molecule has 0 bridgehead atoms. The minimum absolute atomic E-state index is 0. The third kappa shape index (κ3) is 9.31. The minimum Gasteiger partial charge on any atom is -0.490 e. The summed E-state index contributed by atoms with van der Waals surface area (Å²) >= 11 is 0. The van der Waals surface area contributed by atoms with Gasteiger partial charge in [0.2, 0.25) is 5.88 Å². The molecule has 0 spiro atoms. The molecule has 0 atom stereocenters. The Morgan fingerprint density at radius 2 is 1.90 bits per heavy atom. The largest absolute Gasteiger partial charge is 0.490 e. The number of nitrogens with zero attached hydrogens (tertiary/aromatic N) is 2. The number of aliphatic imine (C=N–C) groups is 1. The molecule has 160 valence electrons. The lowest BCUT2D eigenvalue weighted by atomic mass is 10.2. The molecule has 1 aromatic carbocycles. The summed E-state index contributed by atoms with van der Waals surface area (Å²) in [6.45, 7) is 7.18. The fourth-order valence-electron chi connectivity index (χ4n) is 2.37. The smallest absolute Gasteiger partial charge is 0.224 e. The fourth-order valence-corrected chi connectivity index (χ4v) is 2.37. The maximum Gasteiger partial charge on any atom is 0.224 e. The third-order valence-electron chi connectivity index (χ3n) is 3.76. The van der Waals surface area contributed by atoms with Crippen LogP contribution in [0, 0.1) is 0 Å². The molecule has 0 saturated carbocycles. The van der Waals surface area contributed by atoms with Crippen LogP contribution >= 0.6 is 24.0 Å². The molecule has 0 radical (unpaired) electrons. The van der Waals surface area contributed by atoms with Crippen molar-refractivity contribution in [2.75, 3.05) is 26.4 Å². The van der Waals surface area contributed by atoms with Crippen LogP contribution in [0.4, 0.5) is 0 Å². The second kappa shape index (κ2) is 14.9. The summed E-state index contributed by atoms with van der Waals surface area (Å²) in [5.74, 6) is 2.20. The summed E-state index contributed by atoms with van der Waals surface area (Å²) in [7, 11) is 0. The van der Waals surface area contributed by atoms with Gasteiger partial charge < -0.3 is 25.3 Å².